The van der Waals surface area contributed by atoms with Gasteiger partial charge in [-0.3, -0.25) is 9.69 Å². The van der Waals surface area contributed by atoms with Gasteiger partial charge in [0.2, 0.25) is 0 Å². The highest BCUT2D eigenvalue weighted by Crippen LogP contribution is 2.31. The van der Waals surface area contributed by atoms with E-state index >= 15 is 0 Å². The first kappa shape index (κ1) is 20.3. The molecule has 28 heavy (non-hydrogen) atoms. The SMILES string of the molecule is CCC(C(=O)c1ccc(F)cc1)N1CCN(c2cc(C(F)(F)F)ccn2)CC1. The molecule has 0 bridgehead atoms. The molecule has 0 saturated carbocycles. The predicted octanol–water partition coefficient (Wildman–Crippen LogP) is 4.02. The van der Waals surface area contributed by atoms with Crippen LogP contribution in [0.15, 0.2) is 42.6 Å². The lowest BCUT2D eigenvalue weighted by Gasteiger charge is -2.39. The Balaban J connectivity index is 1.67. The molecule has 3 rings (SSSR count). The number of nitrogens with zero attached hydrogens (tertiary/aromatic N) is 3. The third kappa shape index (κ3) is 4.49. The lowest BCUT2D eigenvalue weighted by Crippen LogP contribution is -2.52. The van der Waals surface area contributed by atoms with Gasteiger partial charge in [0.25, 0.3) is 0 Å². The molecular weight excluding hydrogens is 374 g/mol. The van der Waals surface area contributed by atoms with E-state index < -0.39 is 17.6 Å². The molecule has 1 aliphatic heterocycles. The number of aromatic nitrogens is 1. The van der Waals surface area contributed by atoms with Crippen molar-refractivity contribution >= 4 is 11.6 Å². The van der Waals surface area contributed by atoms with Gasteiger partial charge >= 0.3 is 6.18 Å². The first-order chi connectivity index (χ1) is 13.3. The second-order valence-electron chi connectivity index (χ2n) is 6.72. The van der Waals surface area contributed by atoms with Gasteiger partial charge in [0.15, 0.2) is 5.78 Å². The van der Waals surface area contributed by atoms with E-state index in [1.54, 1.807) is 4.90 Å². The van der Waals surface area contributed by atoms with Crippen LogP contribution in [0.1, 0.15) is 29.3 Å². The number of halogens is 4. The summed E-state index contributed by atoms with van der Waals surface area (Å²) in [7, 11) is 0. The van der Waals surface area contributed by atoms with Crippen LogP contribution >= 0.6 is 0 Å². The molecule has 0 aliphatic carbocycles. The number of anilines is 1. The van der Waals surface area contributed by atoms with Crippen LogP contribution in [0.3, 0.4) is 0 Å². The van der Waals surface area contributed by atoms with Crippen LogP contribution in [0.25, 0.3) is 0 Å². The van der Waals surface area contributed by atoms with Crippen LogP contribution in [-0.4, -0.2) is 47.9 Å². The summed E-state index contributed by atoms with van der Waals surface area (Å²) in [6, 6.07) is 7.13. The monoisotopic (exact) mass is 395 g/mol. The minimum absolute atomic E-state index is 0.0758. The molecule has 150 valence electrons. The van der Waals surface area contributed by atoms with Gasteiger partial charge < -0.3 is 4.90 Å². The lowest BCUT2D eigenvalue weighted by molar-refractivity contribution is -0.137. The zero-order valence-electron chi connectivity index (χ0n) is 15.4. The average Bonchev–Trinajstić information content (AvgIpc) is 2.69. The maximum absolute atomic E-state index is 13.1. The van der Waals surface area contributed by atoms with Crippen molar-refractivity contribution in [2.45, 2.75) is 25.6 Å². The Morgan fingerprint density at radius 3 is 2.32 bits per heavy atom. The number of pyridine rings is 1. The molecule has 1 aromatic carbocycles. The number of carbonyl (C=O) groups is 1. The normalized spacial score (nSPS) is 16.8. The van der Waals surface area contributed by atoms with Crippen molar-refractivity contribution < 1.29 is 22.4 Å². The molecule has 0 N–H and O–H groups in total. The fraction of sp³-hybridized carbons (Fsp3) is 0.400. The minimum atomic E-state index is -4.41. The number of Topliss-reactive ketones (excluding diaryl/α,β-unsaturated/α-hetero) is 1. The van der Waals surface area contributed by atoms with Gasteiger partial charge in [0.1, 0.15) is 11.6 Å². The lowest BCUT2D eigenvalue weighted by atomic mass is 10.00. The summed E-state index contributed by atoms with van der Waals surface area (Å²) in [6.07, 6.45) is -2.65. The van der Waals surface area contributed by atoms with Crippen molar-refractivity contribution in [3.63, 3.8) is 0 Å². The van der Waals surface area contributed by atoms with E-state index in [-0.39, 0.29) is 17.6 Å². The number of piperazine rings is 1. The van der Waals surface area contributed by atoms with E-state index in [0.29, 0.717) is 38.2 Å². The van der Waals surface area contributed by atoms with E-state index in [9.17, 15) is 22.4 Å². The smallest absolute Gasteiger partial charge is 0.354 e. The highest BCUT2D eigenvalue weighted by molar-refractivity contribution is 6.00. The summed E-state index contributed by atoms with van der Waals surface area (Å²) in [5, 5.41) is 0. The van der Waals surface area contributed by atoms with Gasteiger partial charge in [-0.25, -0.2) is 9.37 Å². The fourth-order valence-electron chi connectivity index (χ4n) is 3.45. The highest BCUT2D eigenvalue weighted by Gasteiger charge is 2.32. The second kappa shape index (κ2) is 8.26. The van der Waals surface area contributed by atoms with Crippen LogP contribution in [0.5, 0.6) is 0 Å². The van der Waals surface area contributed by atoms with E-state index in [0.717, 1.165) is 18.3 Å². The van der Waals surface area contributed by atoms with Crippen molar-refractivity contribution in [2.24, 2.45) is 0 Å². The molecule has 0 amide bonds. The summed E-state index contributed by atoms with van der Waals surface area (Å²) >= 11 is 0. The number of carbonyl (C=O) groups excluding carboxylic acids is 1. The van der Waals surface area contributed by atoms with Crippen molar-refractivity contribution in [1.29, 1.82) is 0 Å². The summed E-state index contributed by atoms with van der Waals surface area (Å²) in [6.45, 7) is 3.92. The Kier molecular flexibility index (Phi) is 5.98. The number of hydrogen-bond donors (Lipinski definition) is 0. The summed E-state index contributed by atoms with van der Waals surface area (Å²) in [4.78, 5) is 20.7. The largest absolute Gasteiger partial charge is 0.416 e. The molecule has 4 nitrogen and oxygen atoms in total. The van der Waals surface area contributed by atoms with Crippen molar-refractivity contribution in [3.8, 4) is 0 Å². The molecule has 8 heteroatoms. The van der Waals surface area contributed by atoms with Gasteiger partial charge in [-0.2, -0.15) is 13.2 Å². The molecule has 2 heterocycles. The maximum Gasteiger partial charge on any atom is 0.416 e. The van der Waals surface area contributed by atoms with Crippen molar-refractivity contribution in [3.05, 3.63) is 59.5 Å². The topological polar surface area (TPSA) is 36.4 Å². The van der Waals surface area contributed by atoms with Gasteiger partial charge in [-0.05, 0) is 42.8 Å². The predicted molar refractivity (Wildman–Crippen MR) is 97.8 cm³/mol. The zero-order chi connectivity index (χ0) is 20.3. The number of hydrogen-bond acceptors (Lipinski definition) is 4. The summed E-state index contributed by atoms with van der Waals surface area (Å²) in [5.74, 6) is -0.188. The van der Waals surface area contributed by atoms with E-state index in [4.69, 9.17) is 0 Å². The molecule has 1 fully saturated rings. The number of ketones is 1. The molecule has 2 aromatic rings. The number of benzene rings is 1. The van der Waals surface area contributed by atoms with Gasteiger partial charge in [-0.15, -0.1) is 0 Å². The molecule has 1 aromatic heterocycles. The van der Waals surface area contributed by atoms with Crippen molar-refractivity contribution in [1.82, 2.24) is 9.88 Å². The number of rotatable bonds is 5. The fourth-order valence-corrected chi connectivity index (χ4v) is 3.45. The van der Waals surface area contributed by atoms with Gasteiger partial charge in [-0.1, -0.05) is 6.92 Å². The molecular formula is C20H21F4N3O. The van der Waals surface area contributed by atoms with E-state index in [2.05, 4.69) is 4.98 Å². The Labute approximate surface area is 160 Å². The Morgan fingerprint density at radius 2 is 1.75 bits per heavy atom. The first-order valence-electron chi connectivity index (χ1n) is 9.11. The van der Waals surface area contributed by atoms with Crippen LogP contribution in [0.2, 0.25) is 0 Å². The van der Waals surface area contributed by atoms with E-state index in [1.807, 2.05) is 11.8 Å². The quantitative estimate of drug-likeness (QED) is 0.566. The Hall–Kier alpha value is -2.48. The van der Waals surface area contributed by atoms with Gasteiger partial charge in [0, 0.05) is 37.9 Å². The van der Waals surface area contributed by atoms with Crippen LogP contribution in [0, 0.1) is 5.82 Å². The Morgan fingerprint density at radius 1 is 1.11 bits per heavy atom. The van der Waals surface area contributed by atoms with E-state index in [1.165, 1.54) is 24.3 Å². The highest BCUT2D eigenvalue weighted by atomic mass is 19.4. The molecule has 0 radical (unpaired) electrons. The average molecular weight is 395 g/mol. The molecule has 1 unspecified atom stereocenters. The van der Waals surface area contributed by atoms with Crippen LogP contribution in [-0.2, 0) is 6.18 Å². The third-order valence-corrected chi connectivity index (χ3v) is 4.97. The zero-order valence-corrected chi connectivity index (χ0v) is 15.4. The maximum atomic E-state index is 13.1. The molecule has 1 atom stereocenters. The second-order valence-corrected chi connectivity index (χ2v) is 6.72. The standard InChI is InChI=1S/C20H21F4N3O/c1-2-17(19(28)14-3-5-16(21)6-4-14)26-9-11-27(12-10-26)18-13-15(7-8-25-18)20(22,23)24/h3-8,13,17H,2,9-12H2,1H3. The first-order valence-corrected chi connectivity index (χ1v) is 9.11. The summed E-state index contributed by atoms with van der Waals surface area (Å²) < 4.78 is 51.8. The molecule has 0 spiro atoms. The van der Waals surface area contributed by atoms with Gasteiger partial charge in [0.05, 0.1) is 11.6 Å². The Bertz CT molecular complexity index is 815. The van der Waals surface area contributed by atoms with Crippen molar-refractivity contribution in [2.75, 3.05) is 31.1 Å². The molecule has 1 saturated heterocycles. The van der Waals surface area contributed by atoms with Crippen LogP contribution < -0.4 is 4.90 Å². The van der Waals surface area contributed by atoms with Crippen LogP contribution in [0.4, 0.5) is 23.4 Å². The number of alkyl halides is 3. The summed E-state index contributed by atoms with van der Waals surface area (Å²) in [5.41, 5.74) is -0.270. The third-order valence-electron chi connectivity index (χ3n) is 4.97. The minimum Gasteiger partial charge on any atom is -0.354 e. The molecule has 1 aliphatic rings.